The fraction of sp³-hybridized carbons (Fsp3) is 0.381. The first-order chi connectivity index (χ1) is 12.5. The van der Waals surface area contributed by atoms with Gasteiger partial charge in [-0.15, -0.1) is 0 Å². The van der Waals surface area contributed by atoms with Crippen molar-refractivity contribution in [2.24, 2.45) is 0 Å². The van der Waals surface area contributed by atoms with Crippen molar-refractivity contribution in [2.75, 3.05) is 31.5 Å². The normalized spacial score (nSPS) is 15.3. The number of rotatable bonds is 4. The monoisotopic (exact) mass is 371 g/mol. The second-order valence-electron chi connectivity index (χ2n) is 7.03. The predicted octanol–water partition coefficient (Wildman–Crippen LogP) is 4.81. The Morgan fingerprint density at radius 2 is 1.69 bits per heavy atom. The molecule has 2 amide bonds. The summed E-state index contributed by atoms with van der Waals surface area (Å²) in [6.07, 6.45) is 0. The standard InChI is InChI=1S/C21H26ClN3O/c1-16(2)18-8-4-6-10-20(18)23-21(26)25-13-11-24(12-14-25)15-17-7-3-5-9-19(17)22/h3-10,16H,11-15H2,1-2H3,(H,23,26). The fourth-order valence-corrected chi connectivity index (χ4v) is 3.48. The van der Waals surface area contributed by atoms with Gasteiger partial charge in [0, 0.05) is 43.4 Å². The Morgan fingerprint density at radius 3 is 2.38 bits per heavy atom. The molecule has 0 aromatic heterocycles. The predicted molar refractivity (Wildman–Crippen MR) is 108 cm³/mol. The number of halogens is 1. The van der Waals surface area contributed by atoms with Crippen LogP contribution in [-0.2, 0) is 6.54 Å². The first kappa shape index (κ1) is 18.7. The zero-order valence-electron chi connectivity index (χ0n) is 15.4. The number of amides is 2. The van der Waals surface area contributed by atoms with Gasteiger partial charge in [0.25, 0.3) is 0 Å². The van der Waals surface area contributed by atoms with Crippen LogP contribution in [0.2, 0.25) is 5.02 Å². The van der Waals surface area contributed by atoms with Crippen molar-refractivity contribution < 1.29 is 4.79 Å². The van der Waals surface area contributed by atoms with E-state index >= 15 is 0 Å². The van der Waals surface area contributed by atoms with Gasteiger partial charge in [-0.25, -0.2) is 4.79 Å². The number of nitrogens with zero attached hydrogens (tertiary/aromatic N) is 2. The van der Waals surface area contributed by atoms with Gasteiger partial charge in [-0.1, -0.05) is 61.8 Å². The maximum absolute atomic E-state index is 12.6. The summed E-state index contributed by atoms with van der Waals surface area (Å²) in [5.41, 5.74) is 3.21. The number of carbonyl (C=O) groups excluding carboxylic acids is 1. The lowest BCUT2D eigenvalue weighted by atomic mass is 10.0. The molecule has 1 heterocycles. The lowest BCUT2D eigenvalue weighted by Crippen LogP contribution is -2.49. The highest BCUT2D eigenvalue weighted by molar-refractivity contribution is 6.31. The van der Waals surface area contributed by atoms with Crippen molar-refractivity contribution in [3.8, 4) is 0 Å². The van der Waals surface area contributed by atoms with Gasteiger partial charge in [-0.2, -0.15) is 0 Å². The van der Waals surface area contributed by atoms with E-state index in [1.54, 1.807) is 0 Å². The summed E-state index contributed by atoms with van der Waals surface area (Å²) in [6, 6.07) is 15.9. The number of para-hydroxylation sites is 1. The highest BCUT2D eigenvalue weighted by Crippen LogP contribution is 2.24. The van der Waals surface area contributed by atoms with E-state index < -0.39 is 0 Å². The van der Waals surface area contributed by atoms with Crippen molar-refractivity contribution in [2.45, 2.75) is 26.3 Å². The maximum atomic E-state index is 12.6. The Hall–Kier alpha value is -2.04. The molecule has 0 bridgehead atoms. The maximum Gasteiger partial charge on any atom is 0.321 e. The van der Waals surface area contributed by atoms with Gasteiger partial charge in [0.1, 0.15) is 0 Å². The molecule has 2 aromatic carbocycles. The van der Waals surface area contributed by atoms with Gasteiger partial charge < -0.3 is 10.2 Å². The van der Waals surface area contributed by atoms with E-state index in [1.165, 1.54) is 5.56 Å². The van der Waals surface area contributed by atoms with Crippen molar-refractivity contribution in [3.63, 3.8) is 0 Å². The van der Waals surface area contributed by atoms with Crippen LogP contribution in [0.25, 0.3) is 0 Å². The van der Waals surface area contributed by atoms with E-state index in [-0.39, 0.29) is 6.03 Å². The summed E-state index contributed by atoms with van der Waals surface area (Å²) in [7, 11) is 0. The summed E-state index contributed by atoms with van der Waals surface area (Å²) in [5, 5.41) is 3.89. The van der Waals surface area contributed by atoms with E-state index in [2.05, 4.69) is 36.2 Å². The molecule has 0 unspecified atom stereocenters. The van der Waals surface area contributed by atoms with Gasteiger partial charge in [-0.3, -0.25) is 4.90 Å². The van der Waals surface area contributed by atoms with E-state index in [4.69, 9.17) is 11.6 Å². The van der Waals surface area contributed by atoms with E-state index in [0.29, 0.717) is 5.92 Å². The summed E-state index contributed by atoms with van der Waals surface area (Å²) < 4.78 is 0. The molecule has 1 aliphatic rings. The van der Waals surface area contributed by atoms with E-state index in [0.717, 1.165) is 49.0 Å². The number of hydrogen-bond acceptors (Lipinski definition) is 2. The van der Waals surface area contributed by atoms with Crippen LogP contribution in [-0.4, -0.2) is 42.0 Å². The molecule has 0 atom stereocenters. The SMILES string of the molecule is CC(C)c1ccccc1NC(=O)N1CCN(Cc2ccccc2Cl)CC1. The zero-order valence-corrected chi connectivity index (χ0v) is 16.2. The first-order valence-corrected chi connectivity index (χ1v) is 9.53. The third kappa shape index (κ3) is 4.57. The molecule has 3 rings (SSSR count). The van der Waals surface area contributed by atoms with Crippen LogP contribution < -0.4 is 5.32 Å². The van der Waals surface area contributed by atoms with Crippen molar-refractivity contribution in [1.29, 1.82) is 0 Å². The molecule has 1 saturated heterocycles. The van der Waals surface area contributed by atoms with Crippen molar-refractivity contribution >= 4 is 23.3 Å². The summed E-state index contributed by atoms with van der Waals surface area (Å²) in [5.74, 6) is 0.374. The van der Waals surface area contributed by atoms with Gasteiger partial charge in [0.15, 0.2) is 0 Å². The Kier molecular flexibility index (Phi) is 6.17. The Bertz CT molecular complexity index is 754. The van der Waals surface area contributed by atoms with Gasteiger partial charge >= 0.3 is 6.03 Å². The minimum Gasteiger partial charge on any atom is -0.322 e. The largest absolute Gasteiger partial charge is 0.322 e. The Balaban J connectivity index is 1.55. The van der Waals surface area contributed by atoms with Crippen LogP contribution >= 0.6 is 11.6 Å². The van der Waals surface area contributed by atoms with E-state index in [1.807, 2.05) is 41.3 Å². The minimum atomic E-state index is -0.0181. The van der Waals surface area contributed by atoms with Gasteiger partial charge in [-0.05, 0) is 29.2 Å². The third-order valence-corrected chi connectivity index (χ3v) is 5.20. The van der Waals surface area contributed by atoms with Crippen LogP contribution in [0.3, 0.4) is 0 Å². The average molecular weight is 372 g/mol. The Morgan fingerprint density at radius 1 is 1.04 bits per heavy atom. The molecule has 1 aliphatic heterocycles. The second kappa shape index (κ2) is 8.56. The zero-order chi connectivity index (χ0) is 18.5. The molecule has 26 heavy (non-hydrogen) atoms. The second-order valence-corrected chi connectivity index (χ2v) is 7.43. The molecule has 4 nitrogen and oxygen atoms in total. The molecule has 138 valence electrons. The molecular formula is C21H26ClN3O. The average Bonchev–Trinajstić information content (AvgIpc) is 2.64. The number of hydrogen-bond donors (Lipinski definition) is 1. The lowest BCUT2D eigenvalue weighted by Gasteiger charge is -2.35. The lowest BCUT2D eigenvalue weighted by molar-refractivity contribution is 0.143. The molecular weight excluding hydrogens is 346 g/mol. The van der Waals surface area contributed by atoms with E-state index in [9.17, 15) is 4.79 Å². The molecule has 1 N–H and O–H groups in total. The molecule has 2 aromatic rings. The van der Waals surface area contributed by atoms with Crippen molar-refractivity contribution in [1.82, 2.24) is 9.80 Å². The molecule has 5 heteroatoms. The highest BCUT2D eigenvalue weighted by Gasteiger charge is 2.22. The number of carbonyl (C=O) groups is 1. The van der Waals surface area contributed by atoms with Crippen LogP contribution in [0, 0.1) is 0 Å². The first-order valence-electron chi connectivity index (χ1n) is 9.15. The van der Waals surface area contributed by atoms with Gasteiger partial charge in [0.2, 0.25) is 0 Å². The number of benzene rings is 2. The fourth-order valence-electron chi connectivity index (χ4n) is 3.29. The smallest absolute Gasteiger partial charge is 0.321 e. The third-order valence-electron chi connectivity index (χ3n) is 4.84. The van der Waals surface area contributed by atoms with Crippen LogP contribution in [0.4, 0.5) is 10.5 Å². The minimum absolute atomic E-state index is 0.0181. The topological polar surface area (TPSA) is 35.6 Å². The number of urea groups is 1. The quantitative estimate of drug-likeness (QED) is 0.836. The van der Waals surface area contributed by atoms with Crippen LogP contribution in [0.15, 0.2) is 48.5 Å². The number of anilines is 1. The number of piperazine rings is 1. The highest BCUT2D eigenvalue weighted by atomic mass is 35.5. The summed E-state index contributed by atoms with van der Waals surface area (Å²) in [4.78, 5) is 16.9. The molecule has 0 radical (unpaired) electrons. The number of nitrogens with one attached hydrogen (secondary N) is 1. The molecule has 1 fully saturated rings. The van der Waals surface area contributed by atoms with Gasteiger partial charge in [0.05, 0.1) is 0 Å². The molecule has 0 aliphatic carbocycles. The summed E-state index contributed by atoms with van der Waals surface area (Å²) in [6.45, 7) is 8.25. The van der Waals surface area contributed by atoms with Crippen LogP contribution in [0.1, 0.15) is 30.9 Å². The Labute approximate surface area is 160 Å². The van der Waals surface area contributed by atoms with Crippen LogP contribution in [0.5, 0.6) is 0 Å². The van der Waals surface area contributed by atoms with Crippen molar-refractivity contribution in [3.05, 3.63) is 64.7 Å². The molecule has 0 saturated carbocycles. The molecule has 0 spiro atoms. The summed E-state index contributed by atoms with van der Waals surface area (Å²) >= 11 is 6.25.